The molecule has 0 aliphatic carbocycles. The molecule has 98 valence electrons. The van der Waals surface area contributed by atoms with Crippen molar-refractivity contribution in [3.05, 3.63) is 0 Å². The highest BCUT2D eigenvalue weighted by Crippen LogP contribution is 2.16. The number of rotatable bonds is 6. The van der Waals surface area contributed by atoms with E-state index in [-0.39, 0.29) is 23.9 Å². The summed E-state index contributed by atoms with van der Waals surface area (Å²) in [6.45, 7) is 6.69. The molecule has 1 fully saturated rings. The van der Waals surface area contributed by atoms with Crippen molar-refractivity contribution in [3.63, 3.8) is 0 Å². The number of carbonyl (C=O) groups excluding carboxylic acids is 2. The molecule has 0 aromatic rings. The van der Waals surface area contributed by atoms with E-state index in [1.165, 1.54) is 4.90 Å². The molecule has 1 N–H and O–H groups in total. The maximum absolute atomic E-state index is 11.9. The number of imide groups is 1. The van der Waals surface area contributed by atoms with E-state index in [4.69, 9.17) is 0 Å². The molecule has 0 aromatic heterocycles. The first-order valence-corrected chi connectivity index (χ1v) is 7.38. The SMILES string of the molecule is CSC(C)CCNC1CC(=O)N(C(C)C)C1=O. The van der Waals surface area contributed by atoms with Crippen molar-refractivity contribution in [2.75, 3.05) is 12.8 Å². The summed E-state index contributed by atoms with van der Waals surface area (Å²) in [6.07, 6.45) is 3.40. The molecule has 0 saturated carbocycles. The first-order chi connectivity index (χ1) is 7.97. The van der Waals surface area contributed by atoms with E-state index in [9.17, 15) is 9.59 Å². The number of likely N-dealkylation sites (tertiary alicyclic amines) is 1. The van der Waals surface area contributed by atoms with Gasteiger partial charge in [-0.2, -0.15) is 11.8 Å². The fraction of sp³-hybridized carbons (Fsp3) is 0.833. The summed E-state index contributed by atoms with van der Waals surface area (Å²) in [5, 5.41) is 3.77. The second-order valence-corrected chi connectivity index (χ2v) is 6.02. The highest BCUT2D eigenvalue weighted by atomic mass is 32.2. The predicted molar refractivity (Wildman–Crippen MR) is 71.0 cm³/mol. The van der Waals surface area contributed by atoms with Crippen LogP contribution in [0.4, 0.5) is 0 Å². The molecule has 1 heterocycles. The molecular weight excluding hydrogens is 236 g/mol. The third kappa shape index (κ3) is 3.71. The van der Waals surface area contributed by atoms with Gasteiger partial charge in [0.2, 0.25) is 11.8 Å². The van der Waals surface area contributed by atoms with Crippen molar-refractivity contribution in [1.82, 2.24) is 10.2 Å². The van der Waals surface area contributed by atoms with Crippen molar-refractivity contribution in [3.8, 4) is 0 Å². The molecule has 0 radical (unpaired) electrons. The van der Waals surface area contributed by atoms with Crippen LogP contribution in [0.2, 0.25) is 0 Å². The van der Waals surface area contributed by atoms with Crippen molar-refractivity contribution >= 4 is 23.6 Å². The number of nitrogens with one attached hydrogen (secondary N) is 1. The maximum atomic E-state index is 11.9. The molecule has 1 saturated heterocycles. The molecule has 1 aliphatic rings. The van der Waals surface area contributed by atoms with Crippen molar-refractivity contribution in [2.24, 2.45) is 0 Å². The molecule has 2 amide bonds. The van der Waals surface area contributed by atoms with Gasteiger partial charge < -0.3 is 5.32 Å². The van der Waals surface area contributed by atoms with Crippen LogP contribution in [-0.2, 0) is 9.59 Å². The van der Waals surface area contributed by atoms with Gasteiger partial charge >= 0.3 is 0 Å². The largest absolute Gasteiger partial charge is 0.305 e. The molecule has 0 aromatic carbocycles. The highest BCUT2D eigenvalue weighted by molar-refractivity contribution is 7.99. The molecule has 17 heavy (non-hydrogen) atoms. The third-order valence-electron chi connectivity index (χ3n) is 3.04. The van der Waals surface area contributed by atoms with Crippen LogP contribution in [0.3, 0.4) is 0 Å². The van der Waals surface area contributed by atoms with Crippen LogP contribution in [0.5, 0.6) is 0 Å². The summed E-state index contributed by atoms with van der Waals surface area (Å²) in [5.41, 5.74) is 0. The monoisotopic (exact) mass is 258 g/mol. The quantitative estimate of drug-likeness (QED) is 0.729. The Balaban J connectivity index is 2.42. The van der Waals surface area contributed by atoms with Gasteiger partial charge in [0.05, 0.1) is 12.5 Å². The molecule has 0 bridgehead atoms. The lowest BCUT2D eigenvalue weighted by atomic mass is 10.2. The zero-order chi connectivity index (χ0) is 13.0. The normalized spacial score (nSPS) is 22.6. The zero-order valence-electron chi connectivity index (χ0n) is 11.0. The summed E-state index contributed by atoms with van der Waals surface area (Å²) in [4.78, 5) is 25.0. The maximum Gasteiger partial charge on any atom is 0.247 e. The first kappa shape index (κ1) is 14.5. The Morgan fingerprint density at radius 1 is 1.41 bits per heavy atom. The number of thioether (sulfide) groups is 1. The van der Waals surface area contributed by atoms with E-state index in [1.807, 2.05) is 25.6 Å². The van der Waals surface area contributed by atoms with Crippen LogP contribution in [-0.4, -0.2) is 46.8 Å². The van der Waals surface area contributed by atoms with Gasteiger partial charge in [-0.3, -0.25) is 14.5 Å². The first-order valence-electron chi connectivity index (χ1n) is 6.09. The van der Waals surface area contributed by atoms with E-state index in [1.54, 1.807) is 0 Å². The van der Waals surface area contributed by atoms with E-state index in [0.717, 1.165) is 13.0 Å². The Morgan fingerprint density at radius 2 is 2.06 bits per heavy atom. The molecule has 5 heteroatoms. The van der Waals surface area contributed by atoms with Gasteiger partial charge in [-0.1, -0.05) is 6.92 Å². The van der Waals surface area contributed by atoms with Crippen molar-refractivity contribution in [1.29, 1.82) is 0 Å². The van der Waals surface area contributed by atoms with Gasteiger partial charge in [0.25, 0.3) is 0 Å². The lowest BCUT2D eigenvalue weighted by molar-refractivity contribution is -0.140. The lowest BCUT2D eigenvalue weighted by Crippen LogP contribution is -2.42. The lowest BCUT2D eigenvalue weighted by Gasteiger charge is -2.19. The Bertz CT molecular complexity index is 294. The summed E-state index contributed by atoms with van der Waals surface area (Å²) >= 11 is 1.81. The zero-order valence-corrected chi connectivity index (χ0v) is 11.8. The molecule has 2 unspecified atom stereocenters. The van der Waals surface area contributed by atoms with Gasteiger partial charge in [-0.25, -0.2) is 0 Å². The Labute approximate surface area is 108 Å². The summed E-state index contributed by atoms with van der Waals surface area (Å²) in [6, 6.07) is -0.342. The topological polar surface area (TPSA) is 49.4 Å². The number of hydrogen-bond acceptors (Lipinski definition) is 4. The smallest absolute Gasteiger partial charge is 0.247 e. The fourth-order valence-corrected chi connectivity index (χ4v) is 2.29. The van der Waals surface area contributed by atoms with Crippen LogP contribution < -0.4 is 5.32 Å². The summed E-state index contributed by atoms with van der Waals surface area (Å²) in [7, 11) is 0. The minimum absolute atomic E-state index is 0.0353. The van der Waals surface area contributed by atoms with Gasteiger partial charge in [0.1, 0.15) is 0 Å². The minimum atomic E-state index is -0.307. The van der Waals surface area contributed by atoms with Gasteiger partial charge in [-0.15, -0.1) is 0 Å². The number of nitrogens with zero attached hydrogens (tertiary/aromatic N) is 1. The molecule has 0 spiro atoms. The van der Waals surface area contributed by atoms with E-state index in [0.29, 0.717) is 11.7 Å². The molecule has 2 atom stereocenters. The van der Waals surface area contributed by atoms with Crippen LogP contribution in [0, 0.1) is 0 Å². The minimum Gasteiger partial charge on any atom is -0.305 e. The Hall–Kier alpha value is -0.550. The summed E-state index contributed by atoms with van der Waals surface area (Å²) < 4.78 is 0. The van der Waals surface area contributed by atoms with E-state index >= 15 is 0 Å². The number of hydrogen-bond donors (Lipinski definition) is 1. The second-order valence-electron chi connectivity index (χ2n) is 4.74. The van der Waals surface area contributed by atoms with E-state index < -0.39 is 0 Å². The molecule has 1 rings (SSSR count). The standard InChI is InChI=1S/C12H22N2O2S/c1-8(2)14-11(15)7-10(12(14)16)13-6-5-9(3)17-4/h8-10,13H,5-7H2,1-4H3. The van der Waals surface area contributed by atoms with Crippen LogP contribution >= 0.6 is 11.8 Å². The van der Waals surface area contributed by atoms with Crippen LogP contribution in [0.1, 0.15) is 33.6 Å². The van der Waals surface area contributed by atoms with Gasteiger partial charge in [0, 0.05) is 11.3 Å². The van der Waals surface area contributed by atoms with Crippen molar-refractivity contribution in [2.45, 2.75) is 50.9 Å². The van der Waals surface area contributed by atoms with Crippen LogP contribution in [0.15, 0.2) is 0 Å². The Kier molecular flexibility index (Phi) is 5.46. The number of amides is 2. The van der Waals surface area contributed by atoms with Crippen molar-refractivity contribution < 1.29 is 9.59 Å². The van der Waals surface area contributed by atoms with Gasteiger partial charge in [0.15, 0.2) is 0 Å². The third-order valence-corrected chi connectivity index (χ3v) is 4.08. The molecule has 1 aliphatic heterocycles. The fourth-order valence-electron chi connectivity index (χ4n) is 1.93. The molecular formula is C12H22N2O2S. The van der Waals surface area contributed by atoms with Crippen LogP contribution in [0.25, 0.3) is 0 Å². The average molecular weight is 258 g/mol. The summed E-state index contributed by atoms with van der Waals surface area (Å²) in [5.74, 6) is -0.123. The van der Waals surface area contributed by atoms with Gasteiger partial charge in [-0.05, 0) is 33.1 Å². The second kappa shape index (κ2) is 6.40. The Morgan fingerprint density at radius 3 is 2.53 bits per heavy atom. The molecule has 4 nitrogen and oxygen atoms in total. The highest BCUT2D eigenvalue weighted by Gasteiger charge is 2.39. The predicted octanol–water partition coefficient (Wildman–Crippen LogP) is 1.25. The van der Waals surface area contributed by atoms with E-state index in [2.05, 4.69) is 18.5 Å². The average Bonchev–Trinajstić information content (AvgIpc) is 2.53. The number of carbonyl (C=O) groups is 2.